The van der Waals surface area contributed by atoms with E-state index in [0.717, 1.165) is 0 Å². The van der Waals surface area contributed by atoms with Gasteiger partial charge in [0.05, 0.1) is 12.5 Å². The van der Waals surface area contributed by atoms with Crippen LogP contribution in [0, 0.1) is 0 Å². The van der Waals surface area contributed by atoms with Gasteiger partial charge in [-0.25, -0.2) is 4.79 Å². The number of rotatable bonds is 16. The quantitative estimate of drug-likeness (QED) is 0.108. The van der Waals surface area contributed by atoms with Crippen LogP contribution in [0.4, 0.5) is 0 Å². The molecule has 0 aliphatic carbocycles. The maximum absolute atomic E-state index is 12.7. The average molecular weight is 497 g/mol. The number of carboxylic acids is 3. The van der Waals surface area contributed by atoms with E-state index < -0.39 is 72.6 Å². The molecule has 0 rings (SSSR count). The molecular formula is C17H28N4O9S2. The van der Waals surface area contributed by atoms with Gasteiger partial charge in [-0.1, -0.05) is 0 Å². The fourth-order valence-corrected chi connectivity index (χ4v) is 3.05. The van der Waals surface area contributed by atoms with Crippen molar-refractivity contribution in [2.45, 2.75) is 49.9 Å². The second-order valence-corrected chi connectivity index (χ2v) is 7.97. The molecule has 0 saturated carbocycles. The molecule has 0 heterocycles. The van der Waals surface area contributed by atoms with E-state index >= 15 is 0 Å². The number of nitrogens with two attached hydrogens (primary N) is 1. The maximum atomic E-state index is 12.7. The van der Waals surface area contributed by atoms with Gasteiger partial charge in [-0.3, -0.25) is 24.0 Å². The predicted octanol–water partition coefficient (Wildman–Crippen LogP) is -2.12. The first kappa shape index (κ1) is 29.5. The first-order valence-corrected chi connectivity index (χ1v) is 11.4. The lowest BCUT2D eigenvalue weighted by atomic mass is 10.1. The molecule has 0 aromatic carbocycles. The van der Waals surface area contributed by atoms with Crippen molar-refractivity contribution in [2.24, 2.45) is 5.73 Å². The van der Waals surface area contributed by atoms with Crippen LogP contribution in [0.5, 0.6) is 0 Å². The molecule has 4 unspecified atom stereocenters. The minimum atomic E-state index is -1.48. The number of hydrogen-bond donors (Lipinski definition) is 8. The Bertz CT molecular complexity index is 708. The number of carbonyl (C=O) groups is 6. The number of nitrogens with one attached hydrogen (secondary N) is 3. The second-order valence-electron chi connectivity index (χ2n) is 6.62. The van der Waals surface area contributed by atoms with E-state index in [1.54, 1.807) is 6.26 Å². The Kier molecular flexibility index (Phi) is 14.1. The fourth-order valence-electron chi connectivity index (χ4n) is 2.33. The van der Waals surface area contributed by atoms with Crippen molar-refractivity contribution >= 4 is 60.0 Å². The Morgan fingerprint density at radius 3 is 1.78 bits per heavy atom. The van der Waals surface area contributed by atoms with Crippen molar-refractivity contribution in [3.63, 3.8) is 0 Å². The minimum absolute atomic E-state index is 0.121. The van der Waals surface area contributed by atoms with Crippen LogP contribution in [0.25, 0.3) is 0 Å². The zero-order valence-corrected chi connectivity index (χ0v) is 19.0. The molecule has 3 amide bonds. The highest BCUT2D eigenvalue weighted by atomic mass is 32.2. The lowest BCUT2D eigenvalue weighted by molar-refractivity contribution is -0.141. The van der Waals surface area contributed by atoms with Crippen LogP contribution in [0.1, 0.15) is 25.7 Å². The van der Waals surface area contributed by atoms with Gasteiger partial charge in [-0.15, -0.1) is 0 Å². The van der Waals surface area contributed by atoms with E-state index in [-0.39, 0.29) is 18.6 Å². The summed E-state index contributed by atoms with van der Waals surface area (Å²) in [6, 6.07) is -5.36. The van der Waals surface area contributed by atoms with Crippen molar-refractivity contribution in [3.05, 3.63) is 0 Å². The highest BCUT2D eigenvalue weighted by Gasteiger charge is 2.30. The Labute approximate surface area is 193 Å². The molecule has 0 saturated heterocycles. The Morgan fingerprint density at radius 1 is 0.844 bits per heavy atom. The SMILES string of the molecule is CSCCC(NC(=O)C(CCC(=O)O)NC(=O)C(N)CC(=O)O)C(=O)NC(CS)C(=O)O. The first-order valence-electron chi connectivity index (χ1n) is 9.35. The molecule has 0 aliphatic rings. The molecule has 0 fully saturated rings. The summed E-state index contributed by atoms with van der Waals surface area (Å²) in [7, 11) is 0. The standard InChI is InChI=1S/C17H28N4O9S2/c1-32-5-4-10(16(28)21-11(7-31)17(29)30)20-15(27)9(2-3-12(22)23)19-14(26)8(18)6-13(24)25/h8-11,31H,2-7,18H2,1H3,(H,19,26)(H,20,27)(H,21,28)(H,22,23)(H,24,25)(H,29,30). The fraction of sp³-hybridized carbons (Fsp3) is 0.647. The van der Waals surface area contributed by atoms with E-state index in [4.69, 9.17) is 21.1 Å². The summed E-state index contributed by atoms with van der Waals surface area (Å²) < 4.78 is 0. The van der Waals surface area contributed by atoms with E-state index in [1.807, 2.05) is 0 Å². The van der Waals surface area contributed by atoms with Crippen LogP contribution < -0.4 is 21.7 Å². The van der Waals surface area contributed by atoms with Crippen LogP contribution in [-0.4, -0.2) is 92.9 Å². The van der Waals surface area contributed by atoms with Gasteiger partial charge >= 0.3 is 17.9 Å². The van der Waals surface area contributed by atoms with Crippen molar-refractivity contribution in [1.82, 2.24) is 16.0 Å². The summed E-state index contributed by atoms with van der Waals surface area (Å²) in [6.45, 7) is 0. The third-order valence-corrected chi connectivity index (χ3v) is 5.06. The van der Waals surface area contributed by atoms with E-state index in [2.05, 4.69) is 28.6 Å². The van der Waals surface area contributed by atoms with Gasteiger partial charge in [0.1, 0.15) is 18.1 Å². The second kappa shape index (κ2) is 15.3. The van der Waals surface area contributed by atoms with Crippen LogP contribution >= 0.6 is 24.4 Å². The summed E-state index contributed by atoms with van der Waals surface area (Å²) in [6.07, 6.45) is 0.311. The molecule has 32 heavy (non-hydrogen) atoms. The van der Waals surface area contributed by atoms with Crippen LogP contribution in [0.3, 0.4) is 0 Å². The zero-order valence-electron chi connectivity index (χ0n) is 17.3. The molecule has 0 bridgehead atoms. The number of thiol groups is 1. The van der Waals surface area contributed by atoms with Gasteiger partial charge in [0.15, 0.2) is 0 Å². The molecule has 0 aromatic heterocycles. The van der Waals surface area contributed by atoms with Crippen LogP contribution in [-0.2, 0) is 28.8 Å². The van der Waals surface area contributed by atoms with Gasteiger partial charge in [0.25, 0.3) is 0 Å². The Morgan fingerprint density at radius 2 is 1.34 bits per heavy atom. The van der Waals surface area contributed by atoms with Crippen molar-refractivity contribution in [1.29, 1.82) is 0 Å². The van der Waals surface area contributed by atoms with Gasteiger partial charge in [0, 0.05) is 12.2 Å². The lowest BCUT2D eigenvalue weighted by Gasteiger charge is -2.24. The van der Waals surface area contributed by atoms with Crippen molar-refractivity contribution in [3.8, 4) is 0 Å². The van der Waals surface area contributed by atoms with Crippen molar-refractivity contribution < 1.29 is 44.1 Å². The van der Waals surface area contributed by atoms with Gasteiger partial charge in [0.2, 0.25) is 17.7 Å². The molecule has 13 nitrogen and oxygen atoms in total. The molecular weight excluding hydrogens is 468 g/mol. The summed E-state index contributed by atoms with van der Waals surface area (Å²) in [5.74, 6) is -6.35. The summed E-state index contributed by atoms with van der Waals surface area (Å²) in [4.78, 5) is 70.1. The number of amides is 3. The Hall–Kier alpha value is -2.52. The highest BCUT2D eigenvalue weighted by Crippen LogP contribution is 2.06. The van der Waals surface area contributed by atoms with Gasteiger partial charge in [-0.2, -0.15) is 24.4 Å². The molecule has 8 N–H and O–H groups in total. The summed E-state index contributed by atoms with van der Waals surface area (Å²) in [5, 5.41) is 33.5. The van der Waals surface area contributed by atoms with E-state index in [1.165, 1.54) is 11.8 Å². The number of aliphatic carboxylic acids is 3. The molecule has 15 heteroatoms. The predicted molar refractivity (Wildman–Crippen MR) is 117 cm³/mol. The van der Waals surface area contributed by atoms with Gasteiger partial charge < -0.3 is 37.0 Å². The smallest absolute Gasteiger partial charge is 0.327 e. The third kappa shape index (κ3) is 11.8. The number of carbonyl (C=O) groups excluding carboxylic acids is 3. The zero-order chi connectivity index (χ0) is 24.8. The molecule has 0 aliphatic heterocycles. The highest BCUT2D eigenvalue weighted by molar-refractivity contribution is 7.98. The summed E-state index contributed by atoms with van der Waals surface area (Å²) >= 11 is 5.22. The number of hydrogen-bond acceptors (Lipinski definition) is 9. The number of carboxylic acid groups (broad SMARTS) is 3. The molecule has 182 valence electrons. The largest absolute Gasteiger partial charge is 0.481 e. The minimum Gasteiger partial charge on any atom is -0.481 e. The first-order chi connectivity index (χ1) is 14.9. The molecule has 0 spiro atoms. The Balaban J connectivity index is 5.44. The molecule has 0 radical (unpaired) electrons. The van der Waals surface area contributed by atoms with E-state index in [0.29, 0.717) is 5.75 Å². The normalized spacial score (nSPS) is 14.3. The van der Waals surface area contributed by atoms with Crippen molar-refractivity contribution in [2.75, 3.05) is 17.8 Å². The monoisotopic (exact) mass is 496 g/mol. The molecule has 0 aromatic rings. The average Bonchev–Trinajstić information content (AvgIpc) is 2.70. The summed E-state index contributed by atoms with van der Waals surface area (Å²) in [5.41, 5.74) is 5.47. The third-order valence-electron chi connectivity index (χ3n) is 4.05. The van der Waals surface area contributed by atoms with Gasteiger partial charge in [-0.05, 0) is 24.9 Å². The van der Waals surface area contributed by atoms with E-state index in [9.17, 15) is 28.8 Å². The molecule has 4 atom stereocenters. The number of thioether (sulfide) groups is 1. The topological polar surface area (TPSA) is 225 Å². The maximum Gasteiger partial charge on any atom is 0.327 e. The van der Waals surface area contributed by atoms with Crippen LogP contribution in [0.2, 0.25) is 0 Å². The van der Waals surface area contributed by atoms with Crippen LogP contribution in [0.15, 0.2) is 0 Å². The lowest BCUT2D eigenvalue weighted by Crippen LogP contribution is -2.57.